The van der Waals surface area contributed by atoms with Crippen LogP contribution in [0.1, 0.15) is 11.1 Å². The quantitative estimate of drug-likeness (QED) is 0.424. The van der Waals surface area contributed by atoms with Crippen LogP contribution in [0, 0.1) is 5.41 Å². The second-order valence-corrected chi connectivity index (χ2v) is 5.49. The zero-order valence-electron chi connectivity index (χ0n) is 12.9. The number of nitrogen functional groups attached to an aromatic ring is 2. The molecule has 1 atom stereocenters. The molecule has 1 aliphatic heterocycles. The molecule has 8 nitrogen and oxygen atoms in total. The van der Waals surface area contributed by atoms with Crippen molar-refractivity contribution in [3.63, 3.8) is 0 Å². The molecule has 0 bridgehead atoms. The summed E-state index contributed by atoms with van der Waals surface area (Å²) in [5.41, 5.74) is 12.8. The number of carbonyl (C=O) groups excluding carboxylic acids is 1. The van der Waals surface area contributed by atoms with Crippen LogP contribution in [0.5, 0.6) is 5.75 Å². The van der Waals surface area contributed by atoms with E-state index in [2.05, 4.69) is 15.6 Å². The van der Waals surface area contributed by atoms with Crippen LogP contribution in [0.25, 0.3) is 0 Å². The van der Waals surface area contributed by atoms with Crippen LogP contribution in [0.3, 0.4) is 0 Å². The largest absolute Gasteiger partial charge is 0.491 e. The average molecular weight is 326 g/mol. The van der Waals surface area contributed by atoms with E-state index in [1.165, 1.54) is 12.3 Å². The molecule has 1 unspecified atom stereocenters. The number of pyridine rings is 1. The number of nitrogens with zero attached hydrogens (tertiary/aromatic N) is 1. The predicted octanol–water partition coefficient (Wildman–Crippen LogP) is 1.07. The summed E-state index contributed by atoms with van der Waals surface area (Å²) in [6.45, 7) is 0.406. The highest BCUT2D eigenvalue weighted by Gasteiger charge is 2.21. The van der Waals surface area contributed by atoms with Crippen LogP contribution in [-0.4, -0.2) is 29.5 Å². The first-order chi connectivity index (χ1) is 11.5. The summed E-state index contributed by atoms with van der Waals surface area (Å²) in [5.74, 6) is 0.964. The molecule has 7 N–H and O–H groups in total. The fraction of sp³-hybridized carbons (Fsp3) is 0.188. The summed E-state index contributed by atoms with van der Waals surface area (Å²) < 4.78 is 5.63. The number of hydrogen-bond donors (Lipinski definition) is 5. The summed E-state index contributed by atoms with van der Waals surface area (Å²) in [6, 6.07) is 8.68. The Labute approximate surface area is 138 Å². The summed E-state index contributed by atoms with van der Waals surface area (Å²) in [7, 11) is 0. The van der Waals surface area contributed by atoms with Crippen LogP contribution in [-0.2, 0) is 6.42 Å². The highest BCUT2D eigenvalue weighted by molar-refractivity contribution is 6.00. The number of hydrogen-bond acceptors (Lipinski definition) is 5. The lowest BCUT2D eigenvalue weighted by atomic mass is 10.0. The van der Waals surface area contributed by atoms with Gasteiger partial charge in [-0.2, -0.15) is 0 Å². The Hall–Kier alpha value is -3.29. The van der Waals surface area contributed by atoms with Gasteiger partial charge in [-0.05, 0) is 18.1 Å². The lowest BCUT2D eigenvalue weighted by Crippen LogP contribution is -2.44. The van der Waals surface area contributed by atoms with Crippen LogP contribution in [0.15, 0.2) is 36.5 Å². The third kappa shape index (κ3) is 3.37. The molecular formula is C16H18N6O2. The molecule has 0 aliphatic carbocycles. The van der Waals surface area contributed by atoms with Gasteiger partial charge in [0, 0.05) is 18.0 Å². The van der Waals surface area contributed by atoms with E-state index in [0.29, 0.717) is 18.6 Å². The van der Waals surface area contributed by atoms with Gasteiger partial charge in [0.25, 0.3) is 0 Å². The molecule has 0 fully saturated rings. The molecule has 24 heavy (non-hydrogen) atoms. The molecular weight excluding hydrogens is 308 g/mol. The fourth-order valence-electron chi connectivity index (χ4n) is 2.52. The summed E-state index contributed by atoms with van der Waals surface area (Å²) in [4.78, 5) is 16.1. The average Bonchev–Trinajstić information content (AvgIpc) is 2.54. The van der Waals surface area contributed by atoms with Gasteiger partial charge in [0.1, 0.15) is 24.0 Å². The number of benzene rings is 1. The summed E-state index contributed by atoms with van der Waals surface area (Å²) in [6.07, 6.45) is 2.05. The van der Waals surface area contributed by atoms with E-state index in [0.717, 1.165) is 11.3 Å². The Morgan fingerprint density at radius 2 is 2.17 bits per heavy atom. The van der Waals surface area contributed by atoms with E-state index in [1.807, 2.05) is 24.3 Å². The highest BCUT2D eigenvalue weighted by Crippen LogP contribution is 2.24. The second kappa shape index (κ2) is 6.45. The SMILES string of the molecule is N=C(N)c1cnc(NC(=O)NC2COc3ccccc3C2)cc1N. The zero-order chi connectivity index (χ0) is 17.1. The first-order valence-electron chi connectivity index (χ1n) is 7.41. The number of nitrogens with two attached hydrogens (primary N) is 2. The van der Waals surface area contributed by atoms with Gasteiger partial charge in [-0.15, -0.1) is 0 Å². The zero-order valence-corrected chi connectivity index (χ0v) is 12.9. The molecule has 2 aromatic rings. The number of anilines is 2. The minimum absolute atomic E-state index is 0.131. The highest BCUT2D eigenvalue weighted by atomic mass is 16.5. The molecule has 1 aromatic heterocycles. The number of aromatic nitrogens is 1. The van der Waals surface area contributed by atoms with Gasteiger partial charge in [-0.3, -0.25) is 10.7 Å². The first kappa shape index (κ1) is 15.6. The maximum absolute atomic E-state index is 12.1. The number of fused-ring (bicyclic) bond motifs is 1. The number of nitrogens with one attached hydrogen (secondary N) is 3. The minimum atomic E-state index is -0.398. The Morgan fingerprint density at radius 3 is 2.92 bits per heavy atom. The van der Waals surface area contributed by atoms with Crippen molar-refractivity contribution in [1.29, 1.82) is 5.41 Å². The van der Waals surface area contributed by atoms with Gasteiger partial charge in [0.15, 0.2) is 0 Å². The smallest absolute Gasteiger partial charge is 0.320 e. The van der Waals surface area contributed by atoms with Crippen molar-refractivity contribution >= 4 is 23.4 Å². The number of para-hydroxylation sites is 1. The molecule has 124 valence electrons. The van der Waals surface area contributed by atoms with Crippen molar-refractivity contribution in [2.45, 2.75) is 12.5 Å². The van der Waals surface area contributed by atoms with Crippen molar-refractivity contribution in [2.24, 2.45) is 5.73 Å². The number of rotatable bonds is 3. The van der Waals surface area contributed by atoms with Gasteiger partial charge in [-0.25, -0.2) is 9.78 Å². The molecule has 8 heteroatoms. The van der Waals surface area contributed by atoms with Crippen LogP contribution < -0.4 is 26.8 Å². The Balaban J connectivity index is 1.60. The Kier molecular flexibility index (Phi) is 4.19. The van der Waals surface area contributed by atoms with Crippen LogP contribution in [0.2, 0.25) is 0 Å². The van der Waals surface area contributed by atoms with E-state index in [4.69, 9.17) is 21.6 Å². The number of urea groups is 1. The maximum atomic E-state index is 12.1. The number of carbonyl (C=O) groups is 1. The molecule has 1 aromatic carbocycles. The standard InChI is InChI=1S/C16H18N6O2/c17-12-6-14(20-7-11(12)15(18)19)22-16(23)21-10-5-9-3-1-2-4-13(9)24-8-10/h1-4,6-7,10H,5,8H2,(H3,18,19)(H4,17,20,21,22,23). The Bertz CT molecular complexity index is 792. The topological polar surface area (TPSA) is 139 Å². The van der Waals surface area contributed by atoms with E-state index in [9.17, 15) is 4.79 Å². The molecule has 1 aliphatic rings. The monoisotopic (exact) mass is 326 g/mol. The molecule has 3 rings (SSSR count). The lowest BCUT2D eigenvalue weighted by molar-refractivity contribution is 0.222. The van der Waals surface area contributed by atoms with Gasteiger partial charge < -0.3 is 21.5 Å². The van der Waals surface area contributed by atoms with Gasteiger partial charge in [0.2, 0.25) is 0 Å². The van der Waals surface area contributed by atoms with Gasteiger partial charge >= 0.3 is 6.03 Å². The molecule has 0 radical (unpaired) electrons. The Morgan fingerprint density at radius 1 is 1.38 bits per heavy atom. The molecule has 0 saturated heterocycles. The second-order valence-electron chi connectivity index (χ2n) is 5.49. The van der Waals surface area contributed by atoms with Crippen molar-refractivity contribution in [1.82, 2.24) is 10.3 Å². The van der Waals surface area contributed by atoms with E-state index in [-0.39, 0.29) is 23.4 Å². The number of ether oxygens (including phenoxy) is 1. The summed E-state index contributed by atoms with van der Waals surface area (Å²) >= 11 is 0. The van der Waals surface area contributed by atoms with Gasteiger partial charge in [-0.1, -0.05) is 18.2 Å². The maximum Gasteiger partial charge on any atom is 0.320 e. The van der Waals surface area contributed by atoms with E-state index >= 15 is 0 Å². The van der Waals surface area contributed by atoms with Crippen molar-refractivity contribution < 1.29 is 9.53 Å². The molecule has 2 amide bonds. The normalized spacial score (nSPS) is 15.8. The van der Waals surface area contributed by atoms with Crippen molar-refractivity contribution in [2.75, 3.05) is 17.7 Å². The summed E-state index contributed by atoms with van der Waals surface area (Å²) in [5, 5.41) is 12.8. The first-order valence-corrected chi connectivity index (χ1v) is 7.41. The lowest BCUT2D eigenvalue weighted by Gasteiger charge is -2.26. The van der Waals surface area contributed by atoms with E-state index in [1.54, 1.807) is 0 Å². The third-order valence-corrected chi connectivity index (χ3v) is 3.68. The molecule has 0 saturated carbocycles. The van der Waals surface area contributed by atoms with Crippen molar-refractivity contribution in [3.05, 3.63) is 47.7 Å². The third-order valence-electron chi connectivity index (χ3n) is 3.68. The predicted molar refractivity (Wildman–Crippen MR) is 91.2 cm³/mol. The van der Waals surface area contributed by atoms with Crippen LogP contribution >= 0.6 is 0 Å². The van der Waals surface area contributed by atoms with Crippen molar-refractivity contribution in [3.8, 4) is 5.75 Å². The van der Waals surface area contributed by atoms with Gasteiger partial charge in [0.05, 0.1) is 11.6 Å². The number of amidine groups is 1. The number of amides is 2. The minimum Gasteiger partial charge on any atom is -0.491 e. The molecule has 2 heterocycles. The molecule has 0 spiro atoms. The fourth-order valence-corrected chi connectivity index (χ4v) is 2.52. The van der Waals surface area contributed by atoms with Crippen LogP contribution in [0.4, 0.5) is 16.3 Å². The van der Waals surface area contributed by atoms with E-state index < -0.39 is 6.03 Å².